The average molecular weight is 1330 g/mol. The molecule has 0 bridgehead atoms. The molecule has 3 heterocycles. The van der Waals surface area contributed by atoms with Crippen LogP contribution < -0.4 is 0 Å². The maximum atomic E-state index is 7.62. The van der Waals surface area contributed by atoms with E-state index in [1.165, 1.54) is 0 Å². The largest absolute Gasteiger partial charge is 0.374 e. The summed E-state index contributed by atoms with van der Waals surface area (Å²) < 4.78 is 92.7. The predicted molar refractivity (Wildman–Crippen MR) is 375 cm³/mol. The van der Waals surface area contributed by atoms with E-state index in [1.54, 1.807) is 11.8 Å². The molecule has 14 heteroatoms. The summed E-state index contributed by atoms with van der Waals surface area (Å²) in [4.78, 5) is 0.993. The zero-order valence-electron chi connectivity index (χ0n) is 55.3. The average Bonchev–Trinajstić information content (AvgIpc) is 1.16. The van der Waals surface area contributed by atoms with Crippen LogP contribution in [0.2, 0.25) is 0 Å². The first-order valence-electron chi connectivity index (χ1n) is 34.0. The summed E-state index contributed by atoms with van der Waals surface area (Å²) in [6, 6.07) is 91.9. The predicted octanol–water partition coefficient (Wildman–Crippen LogP) is 15.6. The first-order valence-corrected chi connectivity index (χ1v) is 34.9. The quantitative estimate of drug-likeness (QED) is 0.0380. The number of hydrogen-bond acceptors (Lipinski definition) is 14. The number of rotatable bonds is 34. The molecule has 0 aliphatic carbocycles. The Bertz CT molecular complexity index is 3600. The van der Waals surface area contributed by atoms with Crippen molar-refractivity contribution < 1.29 is 61.6 Å². The lowest BCUT2D eigenvalue weighted by Crippen LogP contribution is -2.62. The molecule has 9 aromatic rings. The van der Waals surface area contributed by atoms with E-state index in [-0.39, 0.29) is 51.5 Å². The minimum atomic E-state index is -0.810. The zero-order valence-corrected chi connectivity index (χ0v) is 56.2. The standard InChI is InChI=1S/C83H90O13S/c1-60-71(94-72(56-84-48-62-30-12-3-13-31-62)77(88-52-66-38-20-7-21-39-66)75(60)86-50-64-34-16-5-17-35-64)58-92-80-79(90-54-68-42-24-9-25-43-68)74(96-83(97-70-46-28-11-29-47-70)81(80)91-55-69-44-26-10-27-45-69)59-93-82-61(2)76(87-51-65-36-18-6-19-37-65)78(89-53-67-40-22-8-23-41-67)73(95-82)57-85-49-63-32-14-4-15-33-63/h3-47,60-61,71-83H,48-59H2,1-2H3/t60-,61?,71-,72?,73?,74?,75?,76-,77-,78+,79+,80+,81?,82-,83+/m1/s1. The van der Waals surface area contributed by atoms with Crippen molar-refractivity contribution in [2.45, 2.75) is 150 Å². The van der Waals surface area contributed by atoms with Gasteiger partial charge in [-0.25, -0.2) is 0 Å². The molecule has 3 aliphatic rings. The maximum Gasteiger partial charge on any atom is 0.163 e. The summed E-state index contributed by atoms with van der Waals surface area (Å²) in [6.45, 7) is 7.59. The smallest absolute Gasteiger partial charge is 0.163 e. The molecule has 0 radical (unpaired) electrons. The molecule has 0 N–H and O–H groups in total. The summed E-state index contributed by atoms with van der Waals surface area (Å²) in [6.07, 6.45) is -7.47. The van der Waals surface area contributed by atoms with Crippen LogP contribution in [0.5, 0.6) is 0 Å². The molecule has 97 heavy (non-hydrogen) atoms. The normalized spacial score (nSPS) is 25.7. The molecule has 9 aromatic carbocycles. The van der Waals surface area contributed by atoms with E-state index in [2.05, 4.69) is 123 Å². The van der Waals surface area contributed by atoms with Crippen LogP contribution in [-0.2, 0) is 114 Å². The number of ether oxygens (including phenoxy) is 13. The fraction of sp³-hybridized carbons (Fsp3) is 0.349. The highest BCUT2D eigenvalue weighted by molar-refractivity contribution is 7.99. The molecule has 506 valence electrons. The molecule has 13 nitrogen and oxygen atoms in total. The Labute approximate surface area is 576 Å². The minimum Gasteiger partial charge on any atom is -0.374 e. The molecular weight excluding hydrogens is 1240 g/mol. The van der Waals surface area contributed by atoms with Gasteiger partial charge in [0.1, 0.15) is 54.3 Å². The van der Waals surface area contributed by atoms with E-state index >= 15 is 0 Å². The van der Waals surface area contributed by atoms with Crippen LogP contribution in [0.3, 0.4) is 0 Å². The molecule has 6 unspecified atom stereocenters. The van der Waals surface area contributed by atoms with Crippen molar-refractivity contribution in [1.82, 2.24) is 0 Å². The van der Waals surface area contributed by atoms with Crippen molar-refractivity contribution in [1.29, 1.82) is 0 Å². The summed E-state index contributed by atoms with van der Waals surface area (Å²) in [5.74, 6) is -0.597. The van der Waals surface area contributed by atoms with Gasteiger partial charge in [-0.15, -0.1) is 0 Å². The monoisotopic (exact) mass is 1330 g/mol. The minimum absolute atomic E-state index is 0.0388. The van der Waals surface area contributed by atoms with Gasteiger partial charge in [0.2, 0.25) is 0 Å². The Balaban J connectivity index is 0.882. The Kier molecular flexibility index (Phi) is 26.7. The Morgan fingerprint density at radius 3 is 0.918 bits per heavy atom. The van der Waals surface area contributed by atoms with Gasteiger partial charge in [0.25, 0.3) is 0 Å². The van der Waals surface area contributed by atoms with Crippen LogP contribution in [0.1, 0.15) is 58.4 Å². The van der Waals surface area contributed by atoms with E-state index in [1.807, 2.05) is 164 Å². The van der Waals surface area contributed by atoms with Gasteiger partial charge < -0.3 is 61.6 Å². The van der Waals surface area contributed by atoms with E-state index in [0.29, 0.717) is 39.6 Å². The van der Waals surface area contributed by atoms with Crippen LogP contribution in [0.15, 0.2) is 278 Å². The maximum absolute atomic E-state index is 7.62. The Morgan fingerprint density at radius 1 is 0.247 bits per heavy atom. The fourth-order valence-electron chi connectivity index (χ4n) is 12.8. The highest BCUT2D eigenvalue weighted by Gasteiger charge is 2.53. The van der Waals surface area contributed by atoms with Crippen molar-refractivity contribution in [3.8, 4) is 0 Å². The number of benzene rings is 9. The summed E-state index contributed by atoms with van der Waals surface area (Å²) in [7, 11) is 0. The van der Waals surface area contributed by atoms with E-state index in [9.17, 15) is 0 Å². The zero-order chi connectivity index (χ0) is 66.1. The number of thioether (sulfide) groups is 1. The van der Waals surface area contributed by atoms with Gasteiger partial charge in [-0.3, -0.25) is 0 Å². The second-order valence-electron chi connectivity index (χ2n) is 25.1. The Hall–Kier alpha value is -7.19. The van der Waals surface area contributed by atoms with Gasteiger partial charge >= 0.3 is 0 Å². The second kappa shape index (κ2) is 37.1. The molecular formula is C83H90O13S. The van der Waals surface area contributed by atoms with Gasteiger partial charge in [0, 0.05) is 16.7 Å². The van der Waals surface area contributed by atoms with Gasteiger partial charge in [0.05, 0.1) is 97.6 Å². The molecule has 0 saturated carbocycles. The van der Waals surface area contributed by atoms with E-state index < -0.39 is 78.9 Å². The van der Waals surface area contributed by atoms with Crippen LogP contribution >= 0.6 is 11.8 Å². The lowest BCUT2D eigenvalue weighted by Gasteiger charge is -2.49. The SMILES string of the molecule is CC1[C@H](OCC2O[C@@H](Sc3ccccc3)C(OCc3ccccc3)[C@@H](OC[C@H]3OC(COCc4ccccc4)[C@@H](OCc4ccccc4)C(OCc4ccccc4)[C@@H]3C)[C@H]2OCc2ccccc2)OC(COCc2ccccc2)[C@H](OCc2ccccc2)[C@@H]1OCc1ccccc1. The Morgan fingerprint density at radius 2 is 0.536 bits per heavy atom. The lowest BCUT2D eigenvalue weighted by molar-refractivity contribution is -0.316. The van der Waals surface area contributed by atoms with Crippen LogP contribution in [0.4, 0.5) is 0 Å². The first-order chi connectivity index (χ1) is 47.9. The molecule has 3 aliphatic heterocycles. The third-order valence-corrected chi connectivity index (χ3v) is 19.2. The van der Waals surface area contributed by atoms with E-state index in [0.717, 1.165) is 49.4 Å². The molecule has 0 aromatic heterocycles. The third kappa shape index (κ3) is 20.5. The van der Waals surface area contributed by atoms with Gasteiger partial charge in [-0.2, -0.15) is 0 Å². The van der Waals surface area contributed by atoms with Gasteiger partial charge in [-0.05, 0) is 56.6 Å². The second-order valence-corrected chi connectivity index (χ2v) is 26.3. The van der Waals surface area contributed by atoms with Crippen molar-refractivity contribution >= 4 is 11.8 Å². The van der Waals surface area contributed by atoms with Crippen LogP contribution in [-0.4, -0.2) is 105 Å². The van der Waals surface area contributed by atoms with Gasteiger partial charge in [0.15, 0.2) is 6.29 Å². The highest BCUT2D eigenvalue weighted by Crippen LogP contribution is 2.41. The molecule has 3 fully saturated rings. The molecule has 12 rings (SSSR count). The molecule has 15 atom stereocenters. The van der Waals surface area contributed by atoms with Crippen molar-refractivity contribution in [2.75, 3.05) is 26.4 Å². The van der Waals surface area contributed by atoms with Crippen molar-refractivity contribution in [2.24, 2.45) is 11.8 Å². The summed E-state index contributed by atoms with van der Waals surface area (Å²) >= 11 is 1.58. The molecule has 3 saturated heterocycles. The van der Waals surface area contributed by atoms with E-state index in [4.69, 9.17) is 61.6 Å². The topological polar surface area (TPSA) is 120 Å². The highest BCUT2D eigenvalue weighted by atomic mass is 32.2. The fourth-order valence-corrected chi connectivity index (χ4v) is 13.9. The number of hydrogen-bond donors (Lipinski definition) is 0. The van der Waals surface area contributed by atoms with Gasteiger partial charge in [-0.1, -0.05) is 286 Å². The summed E-state index contributed by atoms with van der Waals surface area (Å²) in [5.41, 5.74) is 7.61. The molecule has 0 amide bonds. The van der Waals surface area contributed by atoms with Crippen LogP contribution in [0, 0.1) is 11.8 Å². The van der Waals surface area contributed by atoms with Crippen molar-refractivity contribution in [3.05, 3.63) is 317 Å². The summed E-state index contributed by atoms with van der Waals surface area (Å²) in [5, 5.41) is 0. The van der Waals surface area contributed by atoms with Crippen LogP contribution in [0.25, 0.3) is 0 Å². The lowest BCUT2D eigenvalue weighted by atomic mass is 9.87. The van der Waals surface area contributed by atoms with Crippen molar-refractivity contribution in [3.63, 3.8) is 0 Å². The first kappa shape index (κ1) is 69.7. The molecule has 0 spiro atoms. The third-order valence-electron chi connectivity index (χ3n) is 18.1.